The minimum atomic E-state index is -0.146. The molecule has 0 radical (unpaired) electrons. The highest BCUT2D eigenvalue weighted by Gasteiger charge is 2.17. The van der Waals surface area contributed by atoms with Crippen molar-refractivity contribution in [2.75, 3.05) is 25.5 Å². The maximum absolute atomic E-state index is 12.9. The van der Waals surface area contributed by atoms with E-state index in [9.17, 15) is 9.59 Å². The number of nitrogens with zero attached hydrogens (tertiary/aromatic N) is 1. The van der Waals surface area contributed by atoms with Crippen LogP contribution in [0.15, 0.2) is 48.5 Å². The Morgan fingerprint density at radius 2 is 1.81 bits per heavy atom. The van der Waals surface area contributed by atoms with E-state index in [4.69, 9.17) is 10.5 Å². The molecule has 2 aromatic carbocycles. The van der Waals surface area contributed by atoms with Crippen LogP contribution < -0.4 is 15.8 Å². The first-order chi connectivity index (χ1) is 12.5. The molecule has 0 heterocycles. The molecule has 138 valence electrons. The summed E-state index contributed by atoms with van der Waals surface area (Å²) in [5.41, 5.74) is 7.80. The number of carbonyl (C=O) groups excluding carboxylic acids is 2. The van der Waals surface area contributed by atoms with Gasteiger partial charge in [-0.3, -0.25) is 9.59 Å². The van der Waals surface area contributed by atoms with Gasteiger partial charge in [-0.2, -0.15) is 0 Å². The minimum absolute atomic E-state index is 0.0845. The molecule has 0 aromatic heterocycles. The fourth-order valence-corrected chi connectivity index (χ4v) is 2.63. The van der Waals surface area contributed by atoms with Crippen molar-refractivity contribution in [3.05, 3.63) is 59.7 Å². The van der Waals surface area contributed by atoms with Crippen LogP contribution in [0.25, 0.3) is 0 Å². The highest BCUT2D eigenvalue weighted by atomic mass is 16.5. The van der Waals surface area contributed by atoms with Crippen molar-refractivity contribution in [1.82, 2.24) is 4.90 Å². The van der Waals surface area contributed by atoms with E-state index < -0.39 is 0 Å². The third kappa shape index (κ3) is 5.32. The van der Waals surface area contributed by atoms with Crippen LogP contribution in [0.5, 0.6) is 5.75 Å². The van der Waals surface area contributed by atoms with Gasteiger partial charge in [0.25, 0.3) is 5.91 Å². The van der Waals surface area contributed by atoms with E-state index in [2.05, 4.69) is 5.32 Å². The molecule has 0 unspecified atom stereocenters. The number of amides is 2. The number of hydrogen-bond donors (Lipinski definition) is 2. The highest BCUT2D eigenvalue weighted by molar-refractivity contribution is 5.94. The van der Waals surface area contributed by atoms with Crippen LogP contribution in [0.4, 0.5) is 5.69 Å². The zero-order chi connectivity index (χ0) is 18.9. The van der Waals surface area contributed by atoms with Crippen LogP contribution in [0.2, 0.25) is 0 Å². The van der Waals surface area contributed by atoms with Crippen LogP contribution in [0.1, 0.15) is 29.3 Å². The van der Waals surface area contributed by atoms with E-state index in [0.29, 0.717) is 43.1 Å². The molecule has 6 nitrogen and oxygen atoms in total. The Morgan fingerprint density at radius 1 is 1.12 bits per heavy atom. The summed E-state index contributed by atoms with van der Waals surface area (Å²) in [6.07, 6.45) is 0.699. The zero-order valence-electron chi connectivity index (χ0n) is 15.2. The van der Waals surface area contributed by atoms with Crippen molar-refractivity contribution in [3.8, 4) is 5.75 Å². The van der Waals surface area contributed by atoms with Crippen molar-refractivity contribution in [3.63, 3.8) is 0 Å². The van der Waals surface area contributed by atoms with Gasteiger partial charge < -0.3 is 20.7 Å². The number of ether oxygens (including phenoxy) is 1. The van der Waals surface area contributed by atoms with E-state index in [0.717, 1.165) is 5.56 Å². The quantitative estimate of drug-likeness (QED) is 0.762. The predicted molar refractivity (Wildman–Crippen MR) is 102 cm³/mol. The third-order valence-corrected chi connectivity index (χ3v) is 3.95. The monoisotopic (exact) mass is 355 g/mol. The van der Waals surface area contributed by atoms with E-state index in [-0.39, 0.29) is 11.8 Å². The topological polar surface area (TPSA) is 84.7 Å². The number of rotatable bonds is 8. The molecule has 3 N–H and O–H groups in total. The fraction of sp³-hybridized carbons (Fsp3) is 0.300. The van der Waals surface area contributed by atoms with Crippen LogP contribution in [0.3, 0.4) is 0 Å². The maximum atomic E-state index is 12.9. The van der Waals surface area contributed by atoms with E-state index >= 15 is 0 Å². The number of nitrogens with one attached hydrogen (secondary N) is 1. The summed E-state index contributed by atoms with van der Waals surface area (Å²) in [5.74, 6) is 0.470. The van der Waals surface area contributed by atoms with E-state index in [1.807, 2.05) is 24.3 Å². The smallest absolute Gasteiger partial charge is 0.254 e. The van der Waals surface area contributed by atoms with Crippen LogP contribution in [-0.4, -0.2) is 36.9 Å². The fourth-order valence-electron chi connectivity index (χ4n) is 2.63. The minimum Gasteiger partial charge on any atom is -0.497 e. The Bertz CT molecular complexity index is 744. The van der Waals surface area contributed by atoms with Crippen LogP contribution >= 0.6 is 0 Å². The van der Waals surface area contributed by atoms with Gasteiger partial charge in [0.1, 0.15) is 5.75 Å². The Kier molecular flexibility index (Phi) is 7.17. The molecule has 0 aliphatic carbocycles. The molecule has 6 heteroatoms. The zero-order valence-corrected chi connectivity index (χ0v) is 15.2. The van der Waals surface area contributed by atoms with E-state index in [1.165, 1.54) is 6.92 Å². The molecular weight excluding hydrogens is 330 g/mol. The largest absolute Gasteiger partial charge is 0.497 e. The van der Waals surface area contributed by atoms with Gasteiger partial charge in [-0.15, -0.1) is 0 Å². The summed E-state index contributed by atoms with van der Waals surface area (Å²) in [5, 5.41) is 2.81. The first kappa shape index (κ1) is 19.5. The van der Waals surface area contributed by atoms with Crippen molar-refractivity contribution in [2.45, 2.75) is 19.9 Å². The van der Waals surface area contributed by atoms with Gasteiger partial charge in [-0.1, -0.05) is 18.2 Å². The second-order valence-electron chi connectivity index (χ2n) is 5.94. The summed E-state index contributed by atoms with van der Waals surface area (Å²) in [6, 6.07) is 14.5. The average molecular weight is 355 g/mol. The standard InChI is InChI=1S/C20H25N3O3/c1-15(24)22-19-7-4-3-6-17(19)14-23(13-5-12-21)20(25)16-8-10-18(26-2)11-9-16/h3-4,6-11H,5,12-14,21H2,1-2H3,(H,22,24). The predicted octanol–water partition coefficient (Wildman–Crippen LogP) is 2.64. The molecule has 0 bridgehead atoms. The number of carbonyl (C=O) groups is 2. The molecule has 0 saturated carbocycles. The lowest BCUT2D eigenvalue weighted by molar-refractivity contribution is -0.114. The third-order valence-electron chi connectivity index (χ3n) is 3.95. The number of anilines is 1. The lowest BCUT2D eigenvalue weighted by atomic mass is 10.1. The molecule has 26 heavy (non-hydrogen) atoms. The summed E-state index contributed by atoms with van der Waals surface area (Å²) < 4.78 is 5.14. The second-order valence-corrected chi connectivity index (χ2v) is 5.94. The van der Waals surface area contributed by atoms with Gasteiger partial charge in [-0.05, 0) is 48.9 Å². The molecule has 2 amide bonds. The van der Waals surface area contributed by atoms with E-state index in [1.54, 1.807) is 36.3 Å². The molecule has 0 spiro atoms. The molecule has 2 rings (SSSR count). The lowest BCUT2D eigenvalue weighted by Crippen LogP contribution is -2.33. The number of hydrogen-bond acceptors (Lipinski definition) is 4. The number of methoxy groups -OCH3 is 1. The summed E-state index contributed by atoms with van der Waals surface area (Å²) >= 11 is 0. The van der Waals surface area contributed by atoms with Gasteiger partial charge in [0.2, 0.25) is 5.91 Å². The number of para-hydroxylation sites is 1. The Hall–Kier alpha value is -2.86. The lowest BCUT2D eigenvalue weighted by Gasteiger charge is -2.24. The molecule has 0 fully saturated rings. The van der Waals surface area contributed by atoms with Crippen molar-refractivity contribution < 1.29 is 14.3 Å². The first-order valence-electron chi connectivity index (χ1n) is 8.54. The Labute approximate surface area is 153 Å². The number of benzene rings is 2. The van der Waals surface area contributed by atoms with Gasteiger partial charge >= 0.3 is 0 Å². The van der Waals surface area contributed by atoms with Crippen molar-refractivity contribution in [2.24, 2.45) is 5.73 Å². The highest BCUT2D eigenvalue weighted by Crippen LogP contribution is 2.20. The molecule has 0 aliphatic rings. The maximum Gasteiger partial charge on any atom is 0.254 e. The van der Waals surface area contributed by atoms with Crippen LogP contribution in [0, 0.1) is 0 Å². The second kappa shape index (κ2) is 9.58. The normalized spacial score (nSPS) is 10.3. The van der Waals surface area contributed by atoms with Crippen molar-refractivity contribution >= 4 is 17.5 Å². The Balaban J connectivity index is 2.24. The van der Waals surface area contributed by atoms with Gasteiger partial charge in [0.15, 0.2) is 0 Å². The average Bonchev–Trinajstić information content (AvgIpc) is 2.65. The molecule has 0 saturated heterocycles. The summed E-state index contributed by atoms with van der Waals surface area (Å²) in [4.78, 5) is 26.1. The first-order valence-corrected chi connectivity index (χ1v) is 8.54. The van der Waals surface area contributed by atoms with Gasteiger partial charge in [-0.25, -0.2) is 0 Å². The molecule has 0 aliphatic heterocycles. The van der Waals surface area contributed by atoms with Crippen LogP contribution in [-0.2, 0) is 11.3 Å². The molecule has 2 aromatic rings. The Morgan fingerprint density at radius 3 is 2.42 bits per heavy atom. The SMILES string of the molecule is COc1ccc(C(=O)N(CCCN)Cc2ccccc2NC(C)=O)cc1. The summed E-state index contributed by atoms with van der Waals surface area (Å²) in [6.45, 7) is 2.89. The molecular formula is C20H25N3O3. The summed E-state index contributed by atoms with van der Waals surface area (Å²) in [7, 11) is 1.59. The van der Waals surface area contributed by atoms with Crippen molar-refractivity contribution in [1.29, 1.82) is 0 Å². The number of nitrogens with two attached hydrogens (primary N) is 1. The van der Waals surface area contributed by atoms with Gasteiger partial charge in [0, 0.05) is 31.3 Å². The molecule has 0 atom stereocenters. The van der Waals surface area contributed by atoms with Gasteiger partial charge in [0.05, 0.1) is 7.11 Å².